The van der Waals surface area contributed by atoms with Crippen molar-refractivity contribution in [1.82, 2.24) is 20.1 Å². The van der Waals surface area contributed by atoms with Crippen molar-refractivity contribution in [3.8, 4) is 5.75 Å². The highest BCUT2D eigenvalue weighted by Gasteiger charge is 2.51. The van der Waals surface area contributed by atoms with Crippen molar-refractivity contribution in [1.29, 1.82) is 0 Å². The van der Waals surface area contributed by atoms with Gasteiger partial charge in [-0.2, -0.15) is 0 Å². The molecule has 1 aliphatic heterocycles. The van der Waals surface area contributed by atoms with Crippen LogP contribution in [0.4, 0.5) is 0 Å². The molecule has 13 nitrogen and oxygen atoms in total. The number of ether oxygens (including phenoxy) is 5. The molecule has 2 aromatic rings. The molecule has 1 fully saturated rings. The van der Waals surface area contributed by atoms with Crippen molar-refractivity contribution < 1.29 is 42.9 Å². The molecule has 0 bridgehead atoms. The van der Waals surface area contributed by atoms with E-state index >= 15 is 0 Å². The lowest BCUT2D eigenvalue weighted by molar-refractivity contribution is -0.211. The Kier molecular flexibility index (Phi) is 10.9. The molecule has 0 spiro atoms. The van der Waals surface area contributed by atoms with Crippen LogP contribution in [-0.4, -0.2) is 75.0 Å². The van der Waals surface area contributed by atoms with Crippen molar-refractivity contribution in [2.75, 3.05) is 6.61 Å². The molecule has 14 heteroatoms. The van der Waals surface area contributed by atoms with Gasteiger partial charge in [0.25, 0.3) is 0 Å². The van der Waals surface area contributed by atoms with Gasteiger partial charge in [-0.3, -0.25) is 19.2 Å². The quantitative estimate of drug-likeness (QED) is 0.306. The number of esters is 3. The van der Waals surface area contributed by atoms with Gasteiger partial charge in [-0.05, 0) is 31.5 Å². The number of carbonyl (C=O) groups is 4. The fourth-order valence-corrected chi connectivity index (χ4v) is 5.40. The molecule has 1 amide bonds. The topological polar surface area (TPSA) is 157 Å². The van der Waals surface area contributed by atoms with E-state index in [-0.39, 0.29) is 13.2 Å². The molecule has 0 unspecified atom stereocenters. The van der Waals surface area contributed by atoms with Gasteiger partial charge >= 0.3 is 17.9 Å². The molecule has 40 heavy (non-hydrogen) atoms. The van der Waals surface area contributed by atoms with Crippen LogP contribution in [0.1, 0.15) is 46.0 Å². The Morgan fingerprint density at radius 2 is 1.73 bits per heavy atom. The number of thioether (sulfide) groups is 1. The van der Waals surface area contributed by atoms with E-state index in [4.69, 9.17) is 23.7 Å². The summed E-state index contributed by atoms with van der Waals surface area (Å²) in [7, 11) is 0. The Labute approximate surface area is 236 Å². The average molecular weight is 579 g/mol. The summed E-state index contributed by atoms with van der Waals surface area (Å²) in [5.74, 6) is -1.09. The molecule has 3 rings (SSSR count). The monoisotopic (exact) mass is 578 g/mol. The zero-order valence-corrected chi connectivity index (χ0v) is 24.1. The molecule has 1 aliphatic rings. The first kappa shape index (κ1) is 30.9. The number of amides is 1. The Balaban J connectivity index is 1.92. The predicted octanol–water partition coefficient (Wildman–Crippen LogP) is 1.93. The minimum atomic E-state index is -1.17. The summed E-state index contributed by atoms with van der Waals surface area (Å²) >= 11 is 1.13. The smallest absolute Gasteiger partial charge is 0.303 e. The van der Waals surface area contributed by atoms with Gasteiger partial charge in [0.15, 0.2) is 23.2 Å². The van der Waals surface area contributed by atoms with E-state index < -0.39 is 53.6 Å². The van der Waals surface area contributed by atoms with Crippen molar-refractivity contribution in [3.05, 3.63) is 35.7 Å². The Morgan fingerprint density at radius 1 is 1.02 bits per heavy atom. The van der Waals surface area contributed by atoms with Gasteiger partial charge in [0.1, 0.15) is 36.5 Å². The SMILES string of the molecule is CCn1c(COc2cccc(C)c2)nnc1S[C@@H]1O[C@H](COC(C)=O)[C@@H](OC(C)=O)[C@H](OC(C)=O)[C@H]1NC(C)=O. The van der Waals surface area contributed by atoms with E-state index in [1.165, 1.54) is 27.7 Å². The van der Waals surface area contributed by atoms with E-state index in [9.17, 15) is 19.2 Å². The van der Waals surface area contributed by atoms with E-state index in [0.29, 0.717) is 23.3 Å². The standard InChI is InChI=1S/C26H34N4O9S/c1-7-30-21(13-36-19-10-8-9-14(2)11-19)28-29-26(30)40-25-22(27-15(3)31)24(38-18(6)34)23(37-17(5)33)20(39-25)12-35-16(4)32/h8-11,20,22-25H,7,12-13H2,1-6H3,(H,27,31)/t20-,22-,23-,24-,25+/m1/s1. The molecule has 0 saturated carbocycles. The first-order chi connectivity index (χ1) is 19.0. The number of nitrogens with zero attached hydrogens (tertiary/aromatic N) is 3. The molecule has 2 heterocycles. The van der Waals surface area contributed by atoms with Crippen LogP contribution in [0.25, 0.3) is 0 Å². The number of benzene rings is 1. The molecule has 0 radical (unpaired) electrons. The number of rotatable bonds is 11. The fourth-order valence-electron chi connectivity index (χ4n) is 4.18. The number of nitrogens with one attached hydrogen (secondary N) is 1. The Bertz CT molecular complexity index is 1220. The van der Waals surface area contributed by atoms with Crippen LogP contribution in [0.15, 0.2) is 29.4 Å². The molecule has 1 aromatic heterocycles. The molecule has 1 saturated heterocycles. The number of hydrogen-bond donors (Lipinski definition) is 1. The minimum absolute atomic E-state index is 0.158. The third-order valence-electron chi connectivity index (χ3n) is 5.76. The number of aromatic nitrogens is 3. The van der Waals surface area contributed by atoms with Crippen molar-refractivity contribution in [2.45, 2.75) is 89.6 Å². The van der Waals surface area contributed by atoms with E-state index in [2.05, 4.69) is 15.5 Å². The highest BCUT2D eigenvalue weighted by Crippen LogP contribution is 2.36. The second kappa shape index (κ2) is 14.1. The summed E-state index contributed by atoms with van der Waals surface area (Å²) in [6.07, 6.45) is -3.34. The number of carbonyl (C=O) groups excluding carboxylic acids is 4. The number of aryl methyl sites for hydroxylation is 1. The van der Waals surface area contributed by atoms with Crippen LogP contribution in [0.3, 0.4) is 0 Å². The second-order valence-corrected chi connectivity index (χ2v) is 10.2. The van der Waals surface area contributed by atoms with Crippen molar-refractivity contribution in [2.24, 2.45) is 0 Å². The lowest BCUT2D eigenvalue weighted by Gasteiger charge is -2.44. The maximum Gasteiger partial charge on any atom is 0.303 e. The van der Waals surface area contributed by atoms with E-state index in [1.54, 1.807) is 0 Å². The van der Waals surface area contributed by atoms with Gasteiger partial charge < -0.3 is 33.6 Å². The van der Waals surface area contributed by atoms with Gasteiger partial charge in [-0.15, -0.1) is 10.2 Å². The summed E-state index contributed by atoms with van der Waals surface area (Å²) in [5, 5.41) is 11.8. The first-order valence-electron chi connectivity index (χ1n) is 12.7. The van der Waals surface area contributed by atoms with Crippen molar-refractivity contribution >= 4 is 35.6 Å². The maximum atomic E-state index is 12.2. The summed E-state index contributed by atoms with van der Waals surface area (Å²) < 4.78 is 30.1. The van der Waals surface area contributed by atoms with Gasteiger partial charge in [0.2, 0.25) is 5.91 Å². The van der Waals surface area contributed by atoms with Gasteiger partial charge in [0.05, 0.1) is 0 Å². The zero-order valence-electron chi connectivity index (χ0n) is 23.2. The summed E-state index contributed by atoms with van der Waals surface area (Å²) in [4.78, 5) is 47.8. The van der Waals surface area contributed by atoms with Crippen LogP contribution >= 0.6 is 11.8 Å². The Morgan fingerprint density at radius 3 is 2.33 bits per heavy atom. The third kappa shape index (κ3) is 8.42. The predicted molar refractivity (Wildman–Crippen MR) is 141 cm³/mol. The van der Waals surface area contributed by atoms with Gasteiger partial charge in [-0.25, -0.2) is 0 Å². The lowest BCUT2D eigenvalue weighted by atomic mass is 9.97. The molecule has 1 N–H and O–H groups in total. The van der Waals surface area contributed by atoms with Crippen LogP contribution in [0, 0.1) is 6.92 Å². The molecule has 1 aromatic carbocycles. The summed E-state index contributed by atoms with van der Waals surface area (Å²) in [5.41, 5.74) is 0.155. The second-order valence-electron chi connectivity index (χ2n) is 9.09. The zero-order chi connectivity index (χ0) is 29.4. The van der Waals surface area contributed by atoms with Crippen LogP contribution in [-0.2, 0) is 51.3 Å². The maximum absolute atomic E-state index is 12.2. The lowest BCUT2D eigenvalue weighted by Crippen LogP contribution is -2.65. The van der Waals surface area contributed by atoms with Gasteiger partial charge in [0, 0.05) is 34.2 Å². The van der Waals surface area contributed by atoms with Crippen LogP contribution in [0.5, 0.6) is 5.75 Å². The molecular formula is C26H34N4O9S. The average Bonchev–Trinajstić information content (AvgIpc) is 3.25. The first-order valence-corrected chi connectivity index (χ1v) is 13.5. The molecule has 5 atom stereocenters. The normalized spacial score (nSPS) is 22.2. The fraction of sp³-hybridized carbons (Fsp3) is 0.538. The summed E-state index contributed by atoms with van der Waals surface area (Å²) in [6, 6.07) is 6.66. The third-order valence-corrected chi connectivity index (χ3v) is 6.91. The minimum Gasteiger partial charge on any atom is -0.486 e. The molecular weight excluding hydrogens is 544 g/mol. The van der Waals surface area contributed by atoms with Crippen LogP contribution < -0.4 is 10.1 Å². The van der Waals surface area contributed by atoms with E-state index in [1.807, 2.05) is 42.7 Å². The molecule has 0 aliphatic carbocycles. The Hall–Kier alpha value is -3.65. The highest BCUT2D eigenvalue weighted by atomic mass is 32.2. The number of hydrogen-bond acceptors (Lipinski definition) is 12. The van der Waals surface area contributed by atoms with Crippen molar-refractivity contribution in [3.63, 3.8) is 0 Å². The largest absolute Gasteiger partial charge is 0.486 e. The van der Waals surface area contributed by atoms with Gasteiger partial charge in [-0.1, -0.05) is 23.9 Å². The van der Waals surface area contributed by atoms with E-state index in [0.717, 1.165) is 17.3 Å². The highest BCUT2D eigenvalue weighted by molar-refractivity contribution is 7.99. The molecule has 218 valence electrons. The summed E-state index contributed by atoms with van der Waals surface area (Å²) in [6.45, 7) is 9.16. The van der Waals surface area contributed by atoms with Crippen LogP contribution in [0.2, 0.25) is 0 Å².